The van der Waals surface area contributed by atoms with Crippen LogP contribution in [0, 0.1) is 0 Å². The fourth-order valence-electron chi connectivity index (χ4n) is 1.64. The van der Waals surface area contributed by atoms with E-state index in [1.807, 2.05) is 6.20 Å². The van der Waals surface area contributed by atoms with E-state index in [9.17, 15) is 0 Å². The summed E-state index contributed by atoms with van der Waals surface area (Å²) in [4.78, 5) is 7.19. The van der Waals surface area contributed by atoms with Gasteiger partial charge in [0.25, 0.3) is 0 Å². The van der Waals surface area contributed by atoms with Gasteiger partial charge < -0.3 is 9.80 Å². The molecule has 0 amide bonds. The topological polar surface area (TPSA) is 9.72 Å². The summed E-state index contributed by atoms with van der Waals surface area (Å²) >= 11 is 0. The molecule has 0 radical (unpaired) electrons. The summed E-state index contributed by atoms with van der Waals surface area (Å²) in [5.41, 5.74) is 0. The Morgan fingerprint density at radius 1 is 1.29 bits per heavy atom. The van der Waals surface area contributed by atoms with Crippen LogP contribution in [0.4, 0.5) is 0 Å². The Labute approximate surface area is 88.0 Å². The van der Waals surface area contributed by atoms with Gasteiger partial charge in [-0.1, -0.05) is 13.5 Å². The highest BCUT2D eigenvalue weighted by atomic mass is 15.3. The van der Waals surface area contributed by atoms with Gasteiger partial charge in [0.15, 0.2) is 0 Å². The van der Waals surface area contributed by atoms with Gasteiger partial charge in [-0.3, -0.25) is 4.90 Å². The first-order valence-corrected chi connectivity index (χ1v) is 5.53. The molecule has 0 spiro atoms. The number of rotatable bonds is 5. The predicted molar refractivity (Wildman–Crippen MR) is 61.4 cm³/mol. The molecule has 82 valence electrons. The van der Waals surface area contributed by atoms with Crippen LogP contribution in [0.1, 0.15) is 6.92 Å². The normalized spacial score (nSPS) is 18.9. The molecule has 14 heavy (non-hydrogen) atoms. The Kier molecular flexibility index (Phi) is 4.98. The summed E-state index contributed by atoms with van der Waals surface area (Å²) in [6.45, 7) is 14.2. The largest absolute Gasteiger partial charge is 0.375 e. The summed E-state index contributed by atoms with van der Waals surface area (Å²) in [6.07, 6.45) is 1.95. The van der Waals surface area contributed by atoms with Gasteiger partial charge in [-0.2, -0.15) is 0 Å². The van der Waals surface area contributed by atoms with Crippen molar-refractivity contribution in [1.82, 2.24) is 14.7 Å². The van der Waals surface area contributed by atoms with E-state index in [0.29, 0.717) is 0 Å². The lowest BCUT2D eigenvalue weighted by Crippen LogP contribution is -2.46. The second kappa shape index (κ2) is 6.04. The molecule has 0 aliphatic carbocycles. The molecule has 1 rings (SSSR count). The molecule has 3 nitrogen and oxygen atoms in total. The van der Waals surface area contributed by atoms with Crippen molar-refractivity contribution < 1.29 is 0 Å². The molecule has 0 unspecified atom stereocenters. The molecule has 0 aromatic carbocycles. The first-order chi connectivity index (χ1) is 6.76. The van der Waals surface area contributed by atoms with E-state index in [0.717, 1.165) is 19.6 Å². The van der Waals surface area contributed by atoms with Crippen LogP contribution in [0.2, 0.25) is 0 Å². The number of hydrogen-bond acceptors (Lipinski definition) is 3. The molecule has 0 N–H and O–H groups in total. The average Bonchev–Trinajstić information content (AvgIpc) is 2.26. The van der Waals surface area contributed by atoms with Gasteiger partial charge in [0.05, 0.1) is 0 Å². The third kappa shape index (κ3) is 3.68. The summed E-state index contributed by atoms with van der Waals surface area (Å²) in [5.74, 6) is 0. The van der Waals surface area contributed by atoms with Crippen LogP contribution < -0.4 is 0 Å². The van der Waals surface area contributed by atoms with E-state index in [4.69, 9.17) is 0 Å². The summed E-state index contributed by atoms with van der Waals surface area (Å²) < 4.78 is 0. The molecular formula is C11H23N3. The average molecular weight is 197 g/mol. The van der Waals surface area contributed by atoms with Crippen molar-refractivity contribution in [2.24, 2.45) is 0 Å². The van der Waals surface area contributed by atoms with Crippen molar-refractivity contribution in [2.45, 2.75) is 6.92 Å². The van der Waals surface area contributed by atoms with E-state index >= 15 is 0 Å². The van der Waals surface area contributed by atoms with Crippen LogP contribution in [0.5, 0.6) is 0 Å². The molecule has 0 aromatic heterocycles. The maximum Gasteiger partial charge on any atom is 0.0300 e. The Morgan fingerprint density at radius 2 is 1.93 bits per heavy atom. The maximum atomic E-state index is 3.80. The molecule has 3 heteroatoms. The van der Waals surface area contributed by atoms with Gasteiger partial charge in [-0.25, -0.2) is 0 Å². The first-order valence-electron chi connectivity index (χ1n) is 5.53. The van der Waals surface area contributed by atoms with Crippen molar-refractivity contribution >= 4 is 0 Å². The highest BCUT2D eigenvalue weighted by molar-refractivity contribution is 4.78. The highest BCUT2D eigenvalue weighted by Crippen LogP contribution is 2.01. The third-order valence-electron chi connectivity index (χ3n) is 3.00. The zero-order chi connectivity index (χ0) is 10.4. The van der Waals surface area contributed by atoms with E-state index < -0.39 is 0 Å². The summed E-state index contributed by atoms with van der Waals surface area (Å²) in [5, 5.41) is 0. The second-order valence-electron chi connectivity index (χ2n) is 3.96. The summed E-state index contributed by atoms with van der Waals surface area (Å²) in [6, 6.07) is 0. The molecule has 1 heterocycles. The van der Waals surface area contributed by atoms with Crippen LogP contribution in [0.25, 0.3) is 0 Å². The fourth-order valence-corrected chi connectivity index (χ4v) is 1.64. The molecule has 0 aromatic rings. The van der Waals surface area contributed by atoms with Gasteiger partial charge >= 0.3 is 0 Å². The molecular weight excluding hydrogens is 174 g/mol. The Bertz CT molecular complexity index is 162. The Morgan fingerprint density at radius 3 is 2.43 bits per heavy atom. The predicted octanol–water partition coefficient (Wildman–Crippen LogP) is 0.699. The van der Waals surface area contributed by atoms with Gasteiger partial charge in [-0.05, 0) is 19.8 Å². The third-order valence-corrected chi connectivity index (χ3v) is 3.00. The van der Waals surface area contributed by atoms with E-state index in [-0.39, 0.29) is 0 Å². The highest BCUT2D eigenvalue weighted by Gasteiger charge is 2.13. The number of piperazine rings is 1. The first kappa shape index (κ1) is 11.5. The summed E-state index contributed by atoms with van der Waals surface area (Å²) in [7, 11) is 2.18. The molecule has 1 saturated heterocycles. The lowest BCUT2D eigenvalue weighted by molar-refractivity contribution is 0.154. The van der Waals surface area contributed by atoms with Crippen LogP contribution in [-0.2, 0) is 0 Å². The van der Waals surface area contributed by atoms with Crippen molar-refractivity contribution in [3.8, 4) is 0 Å². The molecule has 1 aliphatic heterocycles. The van der Waals surface area contributed by atoms with Crippen molar-refractivity contribution in [2.75, 3.05) is 52.9 Å². The van der Waals surface area contributed by atoms with Gasteiger partial charge in [0.1, 0.15) is 0 Å². The standard InChI is InChI=1S/C11H23N3/c1-4-12(3)6-7-14-10-8-13(5-2)9-11-14/h5H,2,4,6-11H2,1,3H3. The minimum atomic E-state index is 1.14. The van der Waals surface area contributed by atoms with Gasteiger partial charge in [0, 0.05) is 39.3 Å². The minimum absolute atomic E-state index is 1.14. The van der Waals surface area contributed by atoms with Crippen molar-refractivity contribution in [3.05, 3.63) is 12.8 Å². The van der Waals surface area contributed by atoms with Crippen LogP contribution in [-0.4, -0.2) is 67.6 Å². The van der Waals surface area contributed by atoms with Gasteiger partial charge in [-0.15, -0.1) is 0 Å². The molecule has 0 atom stereocenters. The minimum Gasteiger partial charge on any atom is -0.375 e. The molecule has 1 fully saturated rings. The quantitative estimate of drug-likeness (QED) is 0.642. The maximum absolute atomic E-state index is 3.80. The lowest BCUT2D eigenvalue weighted by atomic mass is 10.3. The number of likely N-dealkylation sites (N-methyl/N-ethyl adjacent to an activating group) is 1. The van der Waals surface area contributed by atoms with Crippen LogP contribution >= 0.6 is 0 Å². The second-order valence-corrected chi connectivity index (χ2v) is 3.96. The van der Waals surface area contributed by atoms with Crippen molar-refractivity contribution in [3.63, 3.8) is 0 Å². The smallest absolute Gasteiger partial charge is 0.0300 e. The zero-order valence-corrected chi connectivity index (χ0v) is 9.58. The van der Waals surface area contributed by atoms with E-state index in [1.165, 1.54) is 26.2 Å². The molecule has 1 aliphatic rings. The van der Waals surface area contributed by atoms with E-state index in [1.54, 1.807) is 0 Å². The monoisotopic (exact) mass is 197 g/mol. The Balaban J connectivity index is 2.12. The fraction of sp³-hybridized carbons (Fsp3) is 0.818. The van der Waals surface area contributed by atoms with Crippen LogP contribution in [0.15, 0.2) is 12.8 Å². The van der Waals surface area contributed by atoms with E-state index in [2.05, 4.69) is 35.3 Å². The SMILES string of the molecule is C=CN1CCN(CCN(C)CC)CC1. The Hall–Kier alpha value is -0.540. The molecule has 0 bridgehead atoms. The number of hydrogen-bond donors (Lipinski definition) is 0. The zero-order valence-electron chi connectivity index (χ0n) is 9.58. The lowest BCUT2D eigenvalue weighted by Gasteiger charge is -2.34. The molecule has 0 saturated carbocycles. The van der Waals surface area contributed by atoms with Gasteiger partial charge in [0.2, 0.25) is 0 Å². The number of nitrogens with zero attached hydrogens (tertiary/aromatic N) is 3. The van der Waals surface area contributed by atoms with Crippen LogP contribution in [0.3, 0.4) is 0 Å². The van der Waals surface area contributed by atoms with Crippen molar-refractivity contribution in [1.29, 1.82) is 0 Å².